The van der Waals surface area contributed by atoms with Gasteiger partial charge in [-0.05, 0) is 30.5 Å². The summed E-state index contributed by atoms with van der Waals surface area (Å²) in [5.41, 5.74) is 6.76. The summed E-state index contributed by atoms with van der Waals surface area (Å²) in [6.45, 7) is 6.26. The first-order valence-corrected chi connectivity index (χ1v) is 6.26. The minimum Gasteiger partial charge on any atom is -0.489 e. The highest BCUT2D eigenvalue weighted by molar-refractivity contribution is 6.32. The predicted octanol–water partition coefficient (Wildman–Crippen LogP) is 3.92. The molecule has 0 spiro atoms. The maximum Gasteiger partial charge on any atom is 0.173 e. The highest BCUT2D eigenvalue weighted by atomic mass is 35.5. The SMILES string of the molecule is CCOc1c(F)cc([C@H](N)C(C)CC)cc1Cl. The van der Waals surface area contributed by atoms with Gasteiger partial charge >= 0.3 is 0 Å². The fourth-order valence-electron chi connectivity index (χ4n) is 1.64. The van der Waals surface area contributed by atoms with Gasteiger partial charge in [-0.25, -0.2) is 4.39 Å². The van der Waals surface area contributed by atoms with Crippen LogP contribution in [0.25, 0.3) is 0 Å². The topological polar surface area (TPSA) is 35.2 Å². The first kappa shape index (κ1) is 14.3. The Balaban J connectivity index is 3.05. The van der Waals surface area contributed by atoms with E-state index in [4.69, 9.17) is 22.1 Å². The number of rotatable bonds is 5. The van der Waals surface area contributed by atoms with Crippen LogP contribution in [0.4, 0.5) is 4.39 Å². The Morgan fingerprint density at radius 3 is 2.53 bits per heavy atom. The molecule has 1 aromatic rings. The zero-order valence-electron chi connectivity index (χ0n) is 10.5. The van der Waals surface area contributed by atoms with E-state index in [2.05, 4.69) is 6.92 Å². The van der Waals surface area contributed by atoms with Crippen LogP contribution in [-0.4, -0.2) is 6.61 Å². The van der Waals surface area contributed by atoms with Crippen LogP contribution in [0.5, 0.6) is 5.75 Å². The second kappa shape index (κ2) is 6.22. The van der Waals surface area contributed by atoms with Crippen LogP contribution in [0, 0.1) is 11.7 Å². The largest absolute Gasteiger partial charge is 0.489 e. The van der Waals surface area contributed by atoms with Gasteiger partial charge in [0, 0.05) is 6.04 Å². The average Bonchev–Trinajstić information content (AvgIpc) is 2.31. The lowest BCUT2D eigenvalue weighted by molar-refractivity contribution is 0.321. The standard InChI is InChI=1S/C13H19ClFNO/c1-4-8(3)12(16)9-6-10(14)13(17-5-2)11(15)7-9/h6-8,12H,4-5,16H2,1-3H3/t8?,12-/m1/s1. The molecule has 2 nitrogen and oxygen atoms in total. The van der Waals surface area contributed by atoms with Gasteiger partial charge < -0.3 is 10.5 Å². The quantitative estimate of drug-likeness (QED) is 0.870. The van der Waals surface area contributed by atoms with Crippen molar-refractivity contribution in [2.45, 2.75) is 33.2 Å². The van der Waals surface area contributed by atoms with Gasteiger partial charge in [0.1, 0.15) is 0 Å². The van der Waals surface area contributed by atoms with E-state index in [1.54, 1.807) is 13.0 Å². The fraction of sp³-hybridized carbons (Fsp3) is 0.538. The van der Waals surface area contributed by atoms with E-state index in [1.165, 1.54) is 6.07 Å². The van der Waals surface area contributed by atoms with Crippen molar-refractivity contribution in [3.8, 4) is 5.75 Å². The Morgan fingerprint density at radius 2 is 2.06 bits per heavy atom. The minimum absolute atomic E-state index is 0.106. The molecule has 0 aliphatic rings. The van der Waals surface area contributed by atoms with E-state index in [9.17, 15) is 4.39 Å². The van der Waals surface area contributed by atoms with Gasteiger partial charge in [0.05, 0.1) is 11.6 Å². The molecule has 17 heavy (non-hydrogen) atoms. The van der Waals surface area contributed by atoms with Crippen molar-refractivity contribution in [1.82, 2.24) is 0 Å². The van der Waals surface area contributed by atoms with Crippen molar-refractivity contribution < 1.29 is 9.13 Å². The van der Waals surface area contributed by atoms with Gasteiger partial charge in [-0.2, -0.15) is 0 Å². The Morgan fingerprint density at radius 1 is 1.41 bits per heavy atom. The summed E-state index contributed by atoms with van der Waals surface area (Å²) in [7, 11) is 0. The van der Waals surface area contributed by atoms with Crippen molar-refractivity contribution in [2.75, 3.05) is 6.61 Å². The van der Waals surface area contributed by atoms with Crippen LogP contribution in [0.1, 0.15) is 38.8 Å². The van der Waals surface area contributed by atoms with Gasteiger partial charge in [-0.15, -0.1) is 0 Å². The second-order valence-corrected chi connectivity index (χ2v) is 4.57. The molecule has 0 aromatic heterocycles. The van der Waals surface area contributed by atoms with Crippen LogP contribution in [0.15, 0.2) is 12.1 Å². The summed E-state index contributed by atoms with van der Waals surface area (Å²) in [6, 6.07) is 2.89. The molecular weight excluding hydrogens is 241 g/mol. The van der Waals surface area contributed by atoms with Gasteiger partial charge in [-0.1, -0.05) is 31.9 Å². The first-order valence-electron chi connectivity index (χ1n) is 5.88. The molecule has 4 heteroatoms. The van der Waals surface area contributed by atoms with E-state index >= 15 is 0 Å². The highest BCUT2D eigenvalue weighted by Gasteiger charge is 2.18. The summed E-state index contributed by atoms with van der Waals surface area (Å²) in [4.78, 5) is 0. The lowest BCUT2D eigenvalue weighted by Crippen LogP contribution is -2.18. The number of hydrogen-bond acceptors (Lipinski definition) is 2. The number of ether oxygens (including phenoxy) is 1. The molecule has 0 saturated carbocycles. The molecule has 0 aliphatic carbocycles. The summed E-state index contributed by atoms with van der Waals surface area (Å²) in [5, 5.41) is 0.278. The van der Waals surface area contributed by atoms with Crippen LogP contribution in [0.2, 0.25) is 5.02 Å². The molecule has 1 aromatic carbocycles. The third kappa shape index (κ3) is 3.33. The minimum atomic E-state index is -0.451. The Bertz CT molecular complexity index is 361. The molecule has 1 unspecified atom stereocenters. The summed E-state index contributed by atoms with van der Waals surface area (Å²) < 4.78 is 18.9. The van der Waals surface area contributed by atoms with Gasteiger partial charge in [-0.3, -0.25) is 0 Å². The molecule has 0 bridgehead atoms. The zero-order valence-corrected chi connectivity index (χ0v) is 11.2. The van der Waals surface area contributed by atoms with Crippen LogP contribution >= 0.6 is 11.6 Å². The number of nitrogens with two attached hydrogens (primary N) is 1. The number of hydrogen-bond donors (Lipinski definition) is 1. The molecule has 0 heterocycles. The highest BCUT2D eigenvalue weighted by Crippen LogP contribution is 2.33. The maximum absolute atomic E-state index is 13.8. The predicted molar refractivity (Wildman–Crippen MR) is 69.0 cm³/mol. The van der Waals surface area contributed by atoms with Crippen LogP contribution in [0.3, 0.4) is 0 Å². The second-order valence-electron chi connectivity index (χ2n) is 4.16. The maximum atomic E-state index is 13.8. The molecule has 0 fully saturated rings. The lowest BCUT2D eigenvalue weighted by Gasteiger charge is -2.20. The molecule has 0 aliphatic heterocycles. The van der Waals surface area contributed by atoms with Gasteiger partial charge in [0.25, 0.3) is 0 Å². The third-order valence-corrected chi connectivity index (χ3v) is 3.23. The molecule has 0 saturated heterocycles. The smallest absolute Gasteiger partial charge is 0.173 e. The lowest BCUT2D eigenvalue weighted by atomic mass is 9.93. The molecule has 0 radical (unpaired) electrons. The molecule has 96 valence electrons. The summed E-state index contributed by atoms with van der Waals surface area (Å²) in [5.74, 6) is -0.0641. The number of halogens is 2. The Kier molecular flexibility index (Phi) is 5.22. The van der Waals surface area contributed by atoms with E-state index in [0.29, 0.717) is 12.2 Å². The summed E-state index contributed by atoms with van der Waals surface area (Å²) >= 11 is 5.98. The molecular formula is C13H19ClFNO. The van der Waals surface area contributed by atoms with Gasteiger partial charge in [0.2, 0.25) is 0 Å². The van der Waals surface area contributed by atoms with Crippen molar-refractivity contribution in [3.05, 3.63) is 28.5 Å². The zero-order chi connectivity index (χ0) is 13.0. The van der Waals surface area contributed by atoms with Crippen LogP contribution < -0.4 is 10.5 Å². The Labute approximate surface area is 107 Å². The first-order chi connectivity index (χ1) is 8.01. The molecule has 2 N–H and O–H groups in total. The number of benzene rings is 1. The Hall–Kier alpha value is -0.800. The van der Waals surface area contributed by atoms with Crippen molar-refractivity contribution in [2.24, 2.45) is 11.7 Å². The monoisotopic (exact) mass is 259 g/mol. The van der Waals surface area contributed by atoms with Crippen LogP contribution in [-0.2, 0) is 0 Å². The van der Waals surface area contributed by atoms with E-state index in [0.717, 1.165) is 6.42 Å². The molecule has 2 atom stereocenters. The molecule has 1 rings (SSSR count). The van der Waals surface area contributed by atoms with E-state index in [1.807, 2.05) is 6.92 Å². The normalized spacial score (nSPS) is 14.5. The van der Waals surface area contributed by atoms with Crippen molar-refractivity contribution >= 4 is 11.6 Å². The van der Waals surface area contributed by atoms with Crippen molar-refractivity contribution in [1.29, 1.82) is 0 Å². The molecule has 0 amide bonds. The fourth-order valence-corrected chi connectivity index (χ4v) is 1.91. The van der Waals surface area contributed by atoms with Crippen molar-refractivity contribution in [3.63, 3.8) is 0 Å². The van der Waals surface area contributed by atoms with Gasteiger partial charge in [0.15, 0.2) is 11.6 Å². The third-order valence-electron chi connectivity index (χ3n) is 2.95. The summed E-state index contributed by atoms with van der Waals surface area (Å²) in [6.07, 6.45) is 0.938. The van der Waals surface area contributed by atoms with E-state index in [-0.39, 0.29) is 22.7 Å². The average molecular weight is 260 g/mol. The van der Waals surface area contributed by atoms with E-state index < -0.39 is 5.82 Å².